The van der Waals surface area contributed by atoms with E-state index in [0.29, 0.717) is 18.0 Å². The van der Waals surface area contributed by atoms with Crippen molar-refractivity contribution in [2.75, 3.05) is 23.9 Å². The molecule has 1 atom stereocenters. The Balaban J connectivity index is 1.20. The summed E-state index contributed by atoms with van der Waals surface area (Å²) in [5, 5.41) is 5.18. The van der Waals surface area contributed by atoms with Gasteiger partial charge in [-0.3, -0.25) is 9.59 Å². The van der Waals surface area contributed by atoms with E-state index in [1.807, 2.05) is 60.7 Å². The van der Waals surface area contributed by atoms with E-state index in [1.165, 1.54) is 0 Å². The normalized spacial score (nSPS) is 15.4. The first kappa shape index (κ1) is 21.5. The predicted octanol–water partition coefficient (Wildman–Crippen LogP) is 5.63. The minimum Gasteiger partial charge on any atom is -0.497 e. The summed E-state index contributed by atoms with van der Waals surface area (Å²) >= 11 is 0. The van der Waals surface area contributed by atoms with Crippen molar-refractivity contribution in [1.82, 2.24) is 0 Å². The summed E-state index contributed by atoms with van der Waals surface area (Å²) in [5.41, 5.74) is 1.42. The average molecular weight is 453 g/mol. The first-order chi connectivity index (χ1) is 16.6. The fourth-order valence-corrected chi connectivity index (χ4v) is 4.11. The second kappa shape index (κ2) is 9.27. The van der Waals surface area contributed by atoms with Crippen molar-refractivity contribution in [1.29, 1.82) is 0 Å². The standard InChI is InChI=1S/C28H24N2O4/c1-33-24-14-9-23(10-15-24)30-18-21(17-27(30)31)28(32)29-22-7-12-25(13-8-22)34-26-11-6-19-4-2-3-5-20(19)16-26/h2-16,21H,17-18H2,1H3,(H,29,32)/t21-/m0/s1. The van der Waals surface area contributed by atoms with Crippen molar-refractivity contribution < 1.29 is 19.1 Å². The van der Waals surface area contributed by atoms with Gasteiger partial charge in [0.25, 0.3) is 0 Å². The van der Waals surface area contributed by atoms with E-state index >= 15 is 0 Å². The van der Waals surface area contributed by atoms with Gasteiger partial charge in [0.15, 0.2) is 0 Å². The molecule has 1 heterocycles. The zero-order valence-corrected chi connectivity index (χ0v) is 18.7. The minimum absolute atomic E-state index is 0.0653. The molecule has 0 unspecified atom stereocenters. The Morgan fingerprint density at radius 3 is 2.26 bits per heavy atom. The number of carbonyl (C=O) groups excluding carboxylic acids is 2. The SMILES string of the molecule is COc1ccc(N2C[C@@H](C(=O)Nc3ccc(Oc4ccc5ccccc5c4)cc3)CC2=O)cc1. The number of anilines is 2. The molecule has 0 spiro atoms. The second-order valence-corrected chi connectivity index (χ2v) is 8.23. The van der Waals surface area contributed by atoms with E-state index in [-0.39, 0.29) is 18.2 Å². The highest BCUT2D eigenvalue weighted by molar-refractivity contribution is 6.03. The fraction of sp³-hybridized carbons (Fsp3) is 0.143. The lowest BCUT2D eigenvalue weighted by Gasteiger charge is -2.17. The number of benzene rings is 4. The molecule has 0 saturated carbocycles. The Hall–Kier alpha value is -4.32. The minimum atomic E-state index is -0.414. The van der Waals surface area contributed by atoms with E-state index in [9.17, 15) is 9.59 Å². The summed E-state index contributed by atoms with van der Waals surface area (Å²) in [6.07, 6.45) is 0.182. The summed E-state index contributed by atoms with van der Waals surface area (Å²) < 4.78 is 11.1. The van der Waals surface area contributed by atoms with E-state index in [1.54, 1.807) is 36.3 Å². The largest absolute Gasteiger partial charge is 0.497 e. The van der Waals surface area contributed by atoms with Crippen LogP contribution in [0.2, 0.25) is 0 Å². The lowest BCUT2D eigenvalue weighted by molar-refractivity contribution is -0.122. The van der Waals surface area contributed by atoms with Crippen LogP contribution in [0.4, 0.5) is 11.4 Å². The fourth-order valence-electron chi connectivity index (χ4n) is 4.11. The molecule has 4 aromatic carbocycles. The van der Waals surface area contributed by atoms with Crippen LogP contribution in [0, 0.1) is 5.92 Å². The predicted molar refractivity (Wildman–Crippen MR) is 133 cm³/mol. The van der Waals surface area contributed by atoms with Crippen LogP contribution in [-0.4, -0.2) is 25.5 Å². The van der Waals surface area contributed by atoms with Gasteiger partial charge >= 0.3 is 0 Å². The highest BCUT2D eigenvalue weighted by Crippen LogP contribution is 2.29. The molecule has 1 saturated heterocycles. The Morgan fingerprint density at radius 2 is 1.53 bits per heavy atom. The number of amides is 2. The third kappa shape index (κ3) is 4.57. The number of nitrogens with zero attached hydrogens (tertiary/aromatic N) is 1. The lowest BCUT2D eigenvalue weighted by Crippen LogP contribution is -2.28. The van der Waals surface area contributed by atoms with Crippen LogP contribution >= 0.6 is 0 Å². The van der Waals surface area contributed by atoms with Crippen LogP contribution in [0.25, 0.3) is 10.8 Å². The molecule has 6 nitrogen and oxygen atoms in total. The maximum atomic E-state index is 12.8. The summed E-state index contributed by atoms with van der Waals surface area (Å²) in [5.74, 6) is 1.49. The first-order valence-electron chi connectivity index (χ1n) is 11.1. The average Bonchev–Trinajstić information content (AvgIpc) is 3.27. The van der Waals surface area contributed by atoms with Crippen LogP contribution in [-0.2, 0) is 9.59 Å². The number of fused-ring (bicyclic) bond motifs is 1. The summed E-state index contributed by atoms with van der Waals surface area (Å²) in [6, 6.07) is 28.5. The smallest absolute Gasteiger partial charge is 0.229 e. The second-order valence-electron chi connectivity index (χ2n) is 8.23. The molecular formula is C28H24N2O4. The van der Waals surface area contributed by atoms with Gasteiger partial charge in [-0.2, -0.15) is 0 Å². The van der Waals surface area contributed by atoms with Crippen LogP contribution < -0.4 is 19.7 Å². The van der Waals surface area contributed by atoms with Gasteiger partial charge < -0.3 is 19.7 Å². The number of methoxy groups -OCH3 is 1. The third-order valence-electron chi connectivity index (χ3n) is 5.96. The molecule has 1 fully saturated rings. The number of hydrogen-bond donors (Lipinski definition) is 1. The van der Waals surface area contributed by atoms with Gasteiger partial charge in [0.1, 0.15) is 17.2 Å². The van der Waals surface area contributed by atoms with Crippen LogP contribution in [0.3, 0.4) is 0 Å². The highest BCUT2D eigenvalue weighted by atomic mass is 16.5. The summed E-state index contributed by atoms with van der Waals surface area (Å²) in [7, 11) is 1.60. The van der Waals surface area contributed by atoms with Crippen molar-refractivity contribution in [2.45, 2.75) is 6.42 Å². The summed E-state index contributed by atoms with van der Waals surface area (Å²) in [6.45, 7) is 0.347. The Labute approximate surface area is 197 Å². The van der Waals surface area contributed by atoms with Crippen molar-refractivity contribution in [3.63, 3.8) is 0 Å². The quantitative estimate of drug-likeness (QED) is 0.412. The number of carbonyl (C=O) groups is 2. The molecule has 0 bridgehead atoms. The highest BCUT2D eigenvalue weighted by Gasteiger charge is 2.35. The molecule has 170 valence electrons. The van der Waals surface area contributed by atoms with E-state index < -0.39 is 5.92 Å². The van der Waals surface area contributed by atoms with Gasteiger partial charge in [0.2, 0.25) is 11.8 Å². The molecule has 2 amide bonds. The topological polar surface area (TPSA) is 67.9 Å². The first-order valence-corrected chi connectivity index (χ1v) is 11.1. The van der Waals surface area contributed by atoms with E-state index in [4.69, 9.17) is 9.47 Å². The van der Waals surface area contributed by atoms with E-state index in [0.717, 1.165) is 28.0 Å². The Kier molecular flexibility index (Phi) is 5.87. The number of nitrogens with one attached hydrogen (secondary N) is 1. The molecule has 1 aliphatic heterocycles. The van der Waals surface area contributed by atoms with Gasteiger partial charge in [-0.25, -0.2) is 0 Å². The molecule has 4 aromatic rings. The van der Waals surface area contributed by atoms with Crippen LogP contribution in [0.1, 0.15) is 6.42 Å². The zero-order valence-electron chi connectivity index (χ0n) is 18.7. The molecule has 1 N–H and O–H groups in total. The number of rotatable bonds is 6. The van der Waals surface area contributed by atoms with Gasteiger partial charge in [-0.1, -0.05) is 30.3 Å². The van der Waals surface area contributed by atoms with Crippen molar-refractivity contribution >= 4 is 34.0 Å². The van der Waals surface area contributed by atoms with Crippen molar-refractivity contribution in [3.05, 3.63) is 91.0 Å². The zero-order chi connectivity index (χ0) is 23.5. The van der Waals surface area contributed by atoms with Gasteiger partial charge in [0.05, 0.1) is 13.0 Å². The molecule has 34 heavy (non-hydrogen) atoms. The molecule has 0 aromatic heterocycles. The van der Waals surface area contributed by atoms with Crippen LogP contribution in [0.5, 0.6) is 17.2 Å². The van der Waals surface area contributed by atoms with Gasteiger partial charge in [-0.05, 0) is 71.4 Å². The number of ether oxygens (including phenoxy) is 2. The van der Waals surface area contributed by atoms with E-state index in [2.05, 4.69) is 11.4 Å². The molecule has 5 rings (SSSR count). The van der Waals surface area contributed by atoms with Crippen molar-refractivity contribution in [3.8, 4) is 17.2 Å². The monoisotopic (exact) mass is 452 g/mol. The molecule has 0 radical (unpaired) electrons. The van der Waals surface area contributed by atoms with Gasteiger partial charge in [0, 0.05) is 24.3 Å². The summed E-state index contributed by atoms with van der Waals surface area (Å²) in [4.78, 5) is 26.9. The molecule has 1 aliphatic rings. The van der Waals surface area contributed by atoms with Crippen molar-refractivity contribution in [2.24, 2.45) is 5.92 Å². The maximum Gasteiger partial charge on any atom is 0.229 e. The van der Waals surface area contributed by atoms with Gasteiger partial charge in [-0.15, -0.1) is 0 Å². The number of hydrogen-bond acceptors (Lipinski definition) is 4. The molecular weight excluding hydrogens is 428 g/mol. The lowest BCUT2D eigenvalue weighted by atomic mass is 10.1. The maximum absolute atomic E-state index is 12.8. The van der Waals surface area contributed by atoms with Crippen LogP contribution in [0.15, 0.2) is 91.0 Å². The Morgan fingerprint density at radius 1 is 0.853 bits per heavy atom. The molecule has 0 aliphatic carbocycles. The third-order valence-corrected chi connectivity index (χ3v) is 5.96. The Bertz CT molecular complexity index is 1330. The molecule has 6 heteroatoms.